The molecule has 0 aromatic heterocycles. The molecule has 1 fully saturated rings. The molecule has 0 saturated heterocycles. The zero-order chi connectivity index (χ0) is 16.5. The summed E-state index contributed by atoms with van der Waals surface area (Å²) in [7, 11) is 0. The van der Waals surface area contributed by atoms with Crippen LogP contribution in [0.1, 0.15) is 6.42 Å². The van der Waals surface area contributed by atoms with Gasteiger partial charge in [0.25, 0.3) is 0 Å². The van der Waals surface area contributed by atoms with Gasteiger partial charge in [-0.2, -0.15) is 26.3 Å². The summed E-state index contributed by atoms with van der Waals surface area (Å²) in [5.41, 5.74) is -2.17. The molecule has 0 bridgehead atoms. The van der Waals surface area contributed by atoms with Gasteiger partial charge in [0, 0.05) is 5.92 Å². The summed E-state index contributed by atoms with van der Waals surface area (Å²) in [4.78, 5) is 23.1. The van der Waals surface area contributed by atoms with E-state index in [2.05, 4.69) is 16.1 Å². The fourth-order valence-electron chi connectivity index (χ4n) is 1.68. The molecule has 120 valence electrons. The molecule has 0 aromatic rings. The summed E-state index contributed by atoms with van der Waals surface area (Å²) in [6.07, 6.45) is -8.86. The smallest absolute Gasteiger partial charge is 0.422 e. The third-order valence-corrected chi connectivity index (χ3v) is 2.76. The van der Waals surface area contributed by atoms with E-state index in [-0.39, 0.29) is 6.42 Å². The van der Waals surface area contributed by atoms with Crippen molar-refractivity contribution in [3.63, 3.8) is 0 Å². The number of carbonyl (C=O) groups is 2. The molecule has 0 radical (unpaired) electrons. The fraction of sp³-hybridized carbons (Fsp3) is 0.636. The minimum absolute atomic E-state index is 0.302. The number of esters is 2. The van der Waals surface area contributed by atoms with Crippen LogP contribution in [-0.4, -0.2) is 37.5 Å². The van der Waals surface area contributed by atoms with Crippen LogP contribution in [0.3, 0.4) is 0 Å². The molecule has 0 N–H and O–H groups in total. The zero-order valence-electron chi connectivity index (χ0n) is 10.4. The maximum atomic E-state index is 11.9. The van der Waals surface area contributed by atoms with E-state index in [0.717, 1.165) is 6.08 Å². The average Bonchev–Trinajstić information content (AvgIpc) is 3.07. The van der Waals surface area contributed by atoms with E-state index in [1.54, 1.807) is 0 Å². The molecule has 0 amide bonds. The van der Waals surface area contributed by atoms with Crippen LogP contribution in [0.5, 0.6) is 0 Å². The van der Waals surface area contributed by atoms with Crippen molar-refractivity contribution in [3.8, 4) is 0 Å². The lowest BCUT2D eigenvalue weighted by Crippen LogP contribution is -2.35. The Labute approximate surface area is 114 Å². The van der Waals surface area contributed by atoms with Gasteiger partial charge in [-0.25, -0.2) is 0 Å². The summed E-state index contributed by atoms with van der Waals surface area (Å²) in [6.45, 7) is -0.640. The predicted octanol–water partition coefficient (Wildman–Crippen LogP) is 2.39. The summed E-state index contributed by atoms with van der Waals surface area (Å²) in [6, 6.07) is 0. The van der Waals surface area contributed by atoms with Gasteiger partial charge in [0.1, 0.15) is 0 Å². The highest BCUT2D eigenvalue weighted by Gasteiger charge is 2.67. The molecule has 10 heteroatoms. The Hall–Kier alpha value is -1.74. The van der Waals surface area contributed by atoms with Crippen molar-refractivity contribution in [3.05, 3.63) is 12.7 Å². The number of halogens is 6. The Morgan fingerprint density at radius 2 is 1.43 bits per heavy atom. The first-order valence-corrected chi connectivity index (χ1v) is 5.53. The van der Waals surface area contributed by atoms with Gasteiger partial charge in [-0.1, -0.05) is 6.08 Å². The van der Waals surface area contributed by atoms with Crippen LogP contribution in [0, 0.1) is 11.3 Å². The van der Waals surface area contributed by atoms with E-state index in [4.69, 9.17) is 0 Å². The Morgan fingerprint density at radius 3 is 1.67 bits per heavy atom. The van der Waals surface area contributed by atoms with Crippen LogP contribution in [-0.2, 0) is 19.1 Å². The second-order valence-corrected chi connectivity index (χ2v) is 4.40. The first-order valence-electron chi connectivity index (χ1n) is 5.53. The van der Waals surface area contributed by atoms with Crippen molar-refractivity contribution in [1.29, 1.82) is 0 Å². The minimum atomic E-state index is -4.81. The second kappa shape index (κ2) is 5.57. The molecule has 0 aromatic carbocycles. The predicted molar refractivity (Wildman–Crippen MR) is 54.8 cm³/mol. The molecule has 0 unspecified atom stereocenters. The molecule has 21 heavy (non-hydrogen) atoms. The van der Waals surface area contributed by atoms with Gasteiger partial charge in [0.05, 0.1) is 0 Å². The van der Waals surface area contributed by atoms with Crippen molar-refractivity contribution < 1.29 is 45.4 Å². The third-order valence-electron chi connectivity index (χ3n) is 2.76. The van der Waals surface area contributed by atoms with Gasteiger partial charge in [-0.15, -0.1) is 6.58 Å². The largest absolute Gasteiger partial charge is 0.455 e. The van der Waals surface area contributed by atoms with E-state index in [1.807, 2.05) is 0 Å². The van der Waals surface area contributed by atoms with Gasteiger partial charge in [-0.3, -0.25) is 9.59 Å². The Bertz CT molecular complexity index is 409. The third kappa shape index (κ3) is 4.36. The van der Waals surface area contributed by atoms with Crippen molar-refractivity contribution in [2.45, 2.75) is 18.8 Å². The van der Waals surface area contributed by atoms with Crippen molar-refractivity contribution in [2.24, 2.45) is 11.3 Å². The average molecular weight is 320 g/mol. The molecule has 0 heterocycles. The highest BCUT2D eigenvalue weighted by atomic mass is 19.4. The van der Waals surface area contributed by atoms with Gasteiger partial charge in [0.2, 0.25) is 0 Å². The molecule has 1 saturated carbocycles. The van der Waals surface area contributed by atoms with Crippen LogP contribution < -0.4 is 0 Å². The normalized spacial score (nSPS) is 20.6. The molecule has 1 aliphatic rings. The number of allylic oxidation sites excluding steroid dienone is 1. The molecule has 1 aliphatic carbocycles. The van der Waals surface area contributed by atoms with Crippen molar-refractivity contribution >= 4 is 11.9 Å². The zero-order valence-corrected chi connectivity index (χ0v) is 10.4. The molecule has 0 aliphatic heterocycles. The van der Waals surface area contributed by atoms with E-state index in [1.165, 1.54) is 0 Å². The number of alkyl halides is 6. The van der Waals surface area contributed by atoms with E-state index in [9.17, 15) is 35.9 Å². The van der Waals surface area contributed by atoms with Gasteiger partial charge in [0.15, 0.2) is 18.6 Å². The first kappa shape index (κ1) is 17.3. The SMILES string of the molecule is C=C[C@H]1CC1(C(=O)OCC(F)(F)F)C(=O)OCC(F)(F)F. The second-order valence-electron chi connectivity index (χ2n) is 4.40. The number of ether oxygens (including phenoxy) is 2. The van der Waals surface area contributed by atoms with Crippen LogP contribution in [0.2, 0.25) is 0 Å². The van der Waals surface area contributed by atoms with Crippen LogP contribution >= 0.6 is 0 Å². The fourth-order valence-corrected chi connectivity index (χ4v) is 1.68. The molecule has 1 rings (SSSR count). The Balaban J connectivity index is 2.73. The highest BCUT2D eigenvalue weighted by molar-refractivity contribution is 6.04. The maximum absolute atomic E-state index is 11.9. The lowest BCUT2D eigenvalue weighted by Gasteiger charge is -2.16. The van der Waals surface area contributed by atoms with Gasteiger partial charge < -0.3 is 9.47 Å². The van der Waals surface area contributed by atoms with E-state index < -0.39 is 48.8 Å². The lowest BCUT2D eigenvalue weighted by molar-refractivity contribution is -0.201. The maximum Gasteiger partial charge on any atom is 0.422 e. The quantitative estimate of drug-likeness (QED) is 0.338. The number of hydrogen-bond acceptors (Lipinski definition) is 4. The summed E-state index contributed by atoms with van der Waals surface area (Å²) < 4.78 is 79.5. The summed E-state index contributed by atoms with van der Waals surface area (Å²) >= 11 is 0. The summed E-state index contributed by atoms with van der Waals surface area (Å²) in [5.74, 6) is -4.06. The first-order chi connectivity index (χ1) is 9.42. The van der Waals surface area contributed by atoms with Crippen molar-refractivity contribution in [1.82, 2.24) is 0 Å². The van der Waals surface area contributed by atoms with Gasteiger partial charge in [-0.05, 0) is 6.42 Å². The van der Waals surface area contributed by atoms with E-state index in [0.29, 0.717) is 0 Å². The topological polar surface area (TPSA) is 52.6 Å². The summed E-state index contributed by atoms with van der Waals surface area (Å²) in [5, 5.41) is 0. The molecular formula is C11H10F6O4. The molecule has 0 spiro atoms. The molecule has 1 atom stereocenters. The highest BCUT2D eigenvalue weighted by Crippen LogP contribution is 2.55. The number of carbonyl (C=O) groups excluding carboxylic acids is 2. The van der Waals surface area contributed by atoms with E-state index >= 15 is 0 Å². The van der Waals surface area contributed by atoms with Crippen LogP contribution in [0.25, 0.3) is 0 Å². The Morgan fingerprint density at radius 1 is 1.05 bits per heavy atom. The standard InChI is InChI=1S/C11H10F6O4/c1-2-6-3-9(6,7(18)20-4-10(12,13)14)8(19)21-5-11(15,16)17/h2,6H,1,3-5H2/t6-/m0/s1. The van der Waals surface area contributed by atoms with Crippen LogP contribution in [0.4, 0.5) is 26.3 Å². The number of hydrogen-bond donors (Lipinski definition) is 0. The minimum Gasteiger partial charge on any atom is -0.455 e. The molecule has 4 nitrogen and oxygen atoms in total. The van der Waals surface area contributed by atoms with Gasteiger partial charge >= 0.3 is 24.3 Å². The van der Waals surface area contributed by atoms with Crippen LogP contribution in [0.15, 0.2) is 12.7 Å². The monoisotopic (exact) mass is 320 g/mol. The number of rotatable bonds is 5. The molecular weight excluding hydrogens is 310 g/mol. The van der Waals surface area contributed by atoms with Crippen molar-refractivity contribution in [2.75, 3.05) is 13.2 Å². The Kier molecular flexibility index (Phi) is 4.59. The lowest BCUT2D eigenvalue weighted by atomic mass is 10.0.